The molecule has 0 saturated carbocycles. The Morgan fingerprint density at radius 2 is 0.731 bits per heavy atom. The predicted octanol–water partition coefficient (Wildman–Crippen LogP) is 12.7. The molecule has 7 aromatic carbocycles. The van der Waals surface area contributed by atoms with Crippen LogP contribution in [-0.4, -0.2) is 14.2 Å². The average Bonchev–Trinajstić information content (AvgIpc) is 3.22. The molecular formula is C49H41NO2. The van der Waals surface area contributed by atoms with Gasteiger partial charge in [0.1, 0.15) is 11.5 Å². The van der Waals surface area contributed by atoms with Crippen molar-refractivity contribution in [3.63, 3.8) is 0 Å². The Kier molecular flexibility index (Phi) is 10.7. The molecule has 0 spiro atoms. The molecule has 0 fully saturated rings. The van der Waals surface area contributed by atoms with Crippen LogP contribution in [0.1, 0.15) is 44.9 Å². The standard InChI is InChI=1S/C49H41NO2/c1-51-47-36-43(32-26-38-27-33-46(34-28-38)50(44-19-11-5-12-20-44)45-21-13-6-14-22-45)48(52-2)35-42(47)31-25-37-23-29-41(30-24-37)49(39-15-7-3-8-16-39)40-17-9-4-10-18-40/h3-36,49H,1-2H3. The second-order valence-corrected chi connectivity index (χ2v) is 12.5. The average molecular weight is 676 g/mol. The first-order valence-corrected chi connectivity index (χ1v) is 17.5. The minimum atomic E-state index is 0.168. The number of benzene rings is 7. The lowest BCUT2D eigenvalue weighted by Gasteiger charge is -2.25. The van der Waals surface area contributed by atoms with Crippen molar-refractivity contribution in [2.75, 3.05) is 19.1 Å². The van der Waals surface area contributed by atoms with Gasteiger partial charge in [-0.05, 0) is 76.3 Å². The van der Waals surface area contributed by atoms with Crippen molar-refractivity contribution < 1.29 is 9.47 Å². The molecule has 0 aromatic heterocycles. The van der Waals surface area contributed by atoms with Crippen molar-refractivity contribution in [1.29, 1.82) is 0 Å². The van der Waals surface area contributed by atoms with E-state index in [1.807, 2.05) is 24.3 Å². The van der Waals surface area contributed by atoms with Gasteiger partial charge in [0.2, 0.25) is 0 Å². The summed E-state index contributed by atoms with van der Waals surface area (Å²) in [6.07, 6.45) is 8.38. The zero-order chi connectivity index (χ0) is 35.5. The van der Waals surface area contributed by atoms with Gasteiger partial charge in [0.15, 0.2) is 0 Å². The molecule has 7 aromatic rings. The number of nitrogens with zero attached hydrogens (tertiary/aromatic N) is 1. The van der Waals surface area contributed by atoms with Crippen LogP contribution < -0.4 is 14.4 Å². The maximum Gasteiger partial charge on any atom is 0.126 e. The van der Waals surface area contributed by atoms with Crippen LogP contribution in [0.15, 0.2) is 182 Å². The molecule has 0 aliphatic carbocycles. The van der Waals surface area contributed by atoms with Gasteiger partial charge in [-0.1, -0.05) is 158 Å². The summed E-state index contributed by atoms with van der Waals surface area (Å²) in [6, 6.07) is 63.7. The molecule has 0 unspecified atom stereocenters. The topological polar surface area (TPSA) is 21.7 Å². The molecule has 0 aliphatic heterocycles. The summed E-state index contributed by atoms with van der Waals surface area (Å²) in [5.74, 6) is 1.72. The summed E-state index contributed by atoms with van der Waals surface area (Å²) in [5, 5.41) is 0. The fraction of sp³-hybridized carbons (Fsp3) is 0.0612. The Morgan fingerprint density at radius 1 is 0.385 bits per heavy atom. The van der Waals surface area contributed by atoms with Gasteiger partial charge in [0.25, 0.3) is 0 Å². The highest BCUT2D eigenvalue weighted by atomic mass is 16.5. The Hall–Kier alpha value is -6.58. The van der Waals surface area contributed by atoms with Crippen molar-refractivity contribution in [2.24, 2.45) is 0 Å². The molecule has 7 rings (SSSR count). The third-order valence-corrected chi connectivity index (χ3v) is 9.21. The number of methoxy groups -OCH3 is 2. The number of para-hydroxylation sites is 2. The summed E-state index contributed by atoms with van der Waals surface area (Å²) in [4.78, 5) is 2.26. The number of anilines is 3. The maximum atomic E-state index is 5.85. The van der Waals surface area contributed by atoms with Crippen LogP contribution in [0.3, 0.4) is 0 Å². The molecule has 254 valence electrons. The van der Waals surface area contributed by atoms with Crippen LogP contribution in [0.5, 0.6) is 11.5 Å². The van der Waals surface area contributed by atoms with Gasteiger partial charge < -0.3 is 14.4 Å². The maximum absolute atomic E-state index is 5.85. The molecule has 0 atom stereocenters. The van der Waals surface area contributed by atoms with E-state index in [1.54, 1.807) is 14.2 Å². The summed E-state index contributed by atoms with van der Waals surface area (Å²) in [7, 11) is 3.41. The zero-order valence-electron chi connectivity index (χ0n) is 29.5. The Balaban J connectivity index is 1.10. The quantitative estimate of drug-likeness (QED) is 0.0950. The molecule has 0 aliphatic rings. The fourth-order valence-corrected chi connectivity index (χ4v) is 6.58. The van der Waals surface area contributed by atoms with Crippen molar-refractivity contribution in [2.45, 2.75) is 5.92 Å². The minimum absolute atomic E-state index is 0.168. The van der Waals surface area contributed by atoms with Gasteiger partial charge in [-0.3, -0.25) is 0 Å². The van der Waals surface area contributed by atoms with Crippen molar-refractivity contribution >= 4 is 41.4 Å². The van der Waals surface area contributed by atoms with Gasteiger partial charge in [-0.25, -0.2) is 0 Å². The van der Waals surface area contributed by atoms with E-state index in [0.29, 0.717) is 0 Å². The molecule has 0 bridgehead atoms. The molecule has 0 heterocycles. The first-order valence-electron chi connectivity index (χ1n) is 17.5. The number of rotatable bonds is 12. The molecule has 3 nitrogen and oxygen atoms in total. The van der Waals surface area contributed by atoms with E-state index in [2.05, 4.69) is 187 Å². The van der Waals surface area contributed by atoms with Crippen molar-refractivity contribution in [1.82, 2.24) is 0 Å². The van der Waals surface area contributed by atoms with Gasteiger partial charge in [0, 0.05) is 34.1 Å². The molecular weight excluding hydrogens is 635 g/mol. The highest BCUT2D eigenvalue weighted by Crippen LogP contribution is 2.36. The lowest BCUT2D eigenvalue weighted by Crippen LogP contribution is -2.09. The summed E-state index contributed by atoms with van der Waals surface area (Å²) >= 11 is 0. The van der Waals surface area contributed by atoms with Crippen LogP contribution in [0.4, 0.5) is 17.1 Å². The van der Waals surface area contributed by atoms with Crippen LogP contribution in [0, 0.1) is 0 Å². The van der Waals surface area contributed by atoms with E-state index in [4.69, 9.17) is 9.47 Å². The molecule has 3 heteroatoms. The highest BCUT2D eigenvalue weighted by Gasteiger charge is 2.16. The monoisotopic (exact) mass is 675 g/mol. The molecule has 0 radical (unpaired) electrons. The molecule has 52 heavy (non-hydrogen) atoms. The molecule has 0 saturated heterocycles. The Labute approximate surface area is 307 Å². The highest BCUT2D eigenvalue weighted by molar-refractivity contribution is 5.81. The lowest BCUT2D eigenvalue weighted by atomic mass is 9.85. The van der Waals surface area contributed by atoms with Gasteiger partial charge in [-0.2, -0.15) is 0 Å². The Morgan fingerprint density at radius 3 is 1.13 bits per heavy atom. The largest absolute Gasteiger partial charge is 0.496 e. The van der Waals surface area contributed by atoms with E-state index in [9.17, 15) is 0 Å². The lowest BCUT2D eigenvalue weighted by molar-refractivity contribution is 0.401. The van der Waals surface area contributed by atoms with Crippen molar-refractivity contribution in [3.8, 4) is 11.5 Å². The van der Waals surface area contributed by atoms with E-state index in [-0.39, 0.29) is 5.92 Å². The number of hydrogen-bond donors (Lipinski definition) is 0. The summed E-state index contributed by atoms with van der Waals surface area (Å²) < 4.78 is 11.7. The first-order chi connectivity index (χ1) is 25.7. The van der Waals surface area contributed by atoms with E-state index in [1.165, 1.54) is 16.7 Å². The smallest absolute Gasteiger partial charge is 0.126 e. The van der Waals surface area contributed by atoms with E-state index >= 15 is 0 Å². The first kappa shape index (κ1) is 33.9. The van der Waals surface area contributed by atoms with Crippen LogP contribution in [0.2, 0.25) is 0 Å². The van der Waals surface area contributed by atoms with E-state index < -0.39 is 0 Å². The molecule has 0 N–H and O–H groups in total. The number of hydrogen-bond acceptors (Lipinski definition) is 3. The minimum Gasteiger partial charge on any atom is -0.496 e. The summed E-state index contributed by atoms with van der Waals surface area (Å²) in [6.45, 7) is 0. The third-order valence-electron chi connectivity index (χ3n) is 9.21. The second kappa shape index (κ2) is 16.4. The SMILES string of the molecule is COc1cc(C=Cc2ccc(N(c3ccccc3)c3ccccc3)cc2)c(OC)cc1C=Cc1ccc(C(c2ccccc2)c2ccccc2)cc1. The van der Waals surface area contributed by atoms with Crippen LogP contribution in [0.25, 0.3) is 24.3 Å². The van der Waals surface area contributed by atoms with Gasteiger partial charge in [0.05, 0.1) is 14.2 Å². The fourth-order valence-electron chi connectivity index (χ4n) is 6.58. The predicted molar refractivity (Wildman–Crippen MR) is 219 cm³/mol. The zero-order valence-corrected chi connectivity index (χ0v) is 29.5. The normalized spacial score (nSPS) is 11.3. The summed E-state index contributed by atoms with van der Waals surface area (Å²) in [5.41, 5.74) is 11.2. The van der Waals surface area contributed by atoms with Gasteiger partial charge in [-0.15, -0.1) is 0 Å². The third kappa shape index (κ3) is 7.90. The van der Waals surface area contributed by atoms with Gasteiger partial charge >= 0.3 is 0 Å². The molecule has 0 amide bonds. The van der Waals surface area contributed by atoms with E-state index in [0.717, 1.165) is 50.8 Å². The van der Waals surface area contributed by atoms with Crippen LogP contribution >= 0.6 is 0 Å². The number of ether oxygens (including phenoxy) is 2. The Bertz CT molecular complexity index is 1980. The second-order valence-electron chi connectivity index (χ2n) is 12.5. The van der Waals surface area contributed by atoms with Crippen LogP contribution in [-0.2, 0) is 0 Å². The van der Waals surface area contributed by atoms with Crippen molar-refractivity contribution in [3.05, 3.63) is 221 Å².